The Bertz CT molecular complexity index is 1460. The van der Waals surface area contributed by atoms with Crippen LogP contribution in [0.4, 0.5) is 14.9 Å². The van der Waals surface area contributed by atoms with Crippen molar-refractivity contribution in [3.05, 3.63) is 53.1 Å². The number of rotatable bonds is 8. The Kier molecular flexibility index (Phi) is 8.51. The molecular formula is C30H40FN7O4. The van der Waals surface area contributed by atoms with E-state index in [-0.39, 0.29) is 17.8 Å². The van der Waals surface area contributed by atoms with Crippen LogP contribution in [0.3, 0.4) is 0 Å². The number of methoxy groups -OCH3 is 1. The predicted molar refractivity (Wildman–Crippen MR) is 156 cm³/mol. The van der Waals surface area contributed by atoms with Crippen LogP contribution in [-0.4, -0.2) is 73.9 Å². The van der Waals surface area contributed by atoms with Crippen LogP contribution in [-0.2, 0) is 4.74 Å². The lowest BCUT2D eigenvalue weighted by Crippen LogP contribution is -2.53. The number of halogens is 1. The number of ether oxygens (including phenoxy) is 2. The van der Waals surface area contributed by atoms with Gasteiger partial charge < -0.3 is 19.3 Å². The Labute approximate surface area is 245 Å². The highest BCUT2D eigenvalue weighted by Gasteiger charge is 2.35. The van der Waals surface area contributed by atoms with Crippen molar-refractivity contribution in [3.63, 3.8) is 0 Å². The molecule has 1 saturated carbocycles. The first-order valence-corrected chi connectivity index (χ1v) is 14.6. The molecule has 0 spiro atoms. The number of piperidine rings is 1. The van der Waals surface area contributed by atoms with Crippen LogP contribution in [0.2, 0.25) is 0 Å². The van der Waals surface area contributed by atoms with Gasteiger partial charge in [-0.05, 0) is 71.4 Å². The summed E-state index contributed by atoms with van der Waals surface area (Å²) in [4.78, 5) is 34.3. The van der Waals surface area contributed by atoms with E-state index in [0.29, 0.717) is 42.6 Å². The molecule has 0 N–H and O–H groups in total. The van der Waals surface area contributed by atoms with Gasteiger partial charge in [0.2, 0.25) is 5.82 Å². The second kappa shape index (κ2) is 12.1. The van der Waals surface area contributed by atoms with Gasteiger partial charge in [0.05, 0.1) is 31.2 Å². The second-order valence-electron chi connectivity index (χ2n) is 12.2. The van der Waals surface area contributed by atoms with Crippen molar-refractivity contribution < 1.29 is 18.7 Å². The van der Waals surface area contributed by atoms with Gasteiger partial charge in [-0.25, -0.2) is 9.48 Å². The van der Waals surface area contributed by atoms with E-state index in [9.17, 15) is 9.59 Å². The van der Waals surface area contributed by atoms with Crippen LogP contribution >= 0.6 is 0 Å². The summed E-state index contributed by atoms with van der Waals surface area (Å²) in [7, 11) is 1.56. The number of carbonyl (C=O) groups excluding carboxylic acids is 1. The molecule has 3 aromatic rings. The van der Waals surface area contributed by atoms with Crippen molar-refractivity contribution in [1.82, 2.24) is 29.4 Å². The van der Waals surface area contributed by atoms with E-state index in [1.807, 2.05) is 30.6 Å². The zero-order valence-electron chi connectivity index (χ0n) is 25.0. The van der Waals surface area contributed by atoms with Crippen LogP contribution in [0.1, 0.15) is 66.0 Å². The van der Waals surface area contributed by atoms with E-state index >= 15 is 4.39 Å². The van der Waals surface area contributed by atoms with Crippen molar-refractivity contribution in [2.75, 3.05) is 31.6 Å². The van der Waals surface area contributed by atoms with Crippen LogP contribution in [0, 0.1) is 11.7 Å². The smallest absolute Gasteiger partial charge is 0.410 e. The Balaban J connectivity index is 1.34. The van der Waals surface area contributed by atoms with Crippen molar-refractivity contribution in [2.24, 2.45) is 5.92 Å². The summed E-state index contributed by atoms with van der Waals surface area (Å²) in [6, 6.07) is 3.28. The van der Waals surface area contributed by atoms with Crippen molar-refractivity contribution in [1.29, 1.82) is 0 Å². The molecule has 1 amide bonds. The topological polar surface area (TPSA) is 108 Å². The third-order valence-electron chi connectivity index (χ3n) is 8.07. The molecule has 2 aliphatic rings. The number of carbonyl (C=O) groups is 1. The van der Waals surface area contributed by atoms with Gasteiger partial charge >= 0.3 is 6.09 Å². The molecule has 12 heteroatoms. The van der Waals surface area contributed by atoms with E-state index in [4.69, 9.17) is 9.47 Å². The van der Waals surface area contributed by atoms with E-state index in [0.717, 1.165) is 25.7 Å². The molecule has 2 atom stereocenters. The number of pyridine rings is 2. The van der Waals surface area contributed by atoms with Gasteiger partial charge in [-0.2, -0.15) is 4.39 Å². The molecule has 2 fully saturated rings. The van der Waals surface area contributed by atoms with Crippen LogP contribution in [0.15, 0.2) is 41.7 Å². The third-order valence-corrected chi connectivity index (χ3v) is 8.07. The fraction of sp³-hybridized carbons (Fsp3) is 0.567. The van der Waals surface area contributed by atoms with Crippen molar-refractivity contribution in [2.45, 2.75) is 77.6 Å². The predicted octanol–water partition coefficient (Wildman–Crippen LogP) is 4.72. The van der Waals surface area contributed by atoms with Gasteiger partial charge in [-0.3, -0.25) is 14.3 Å². The average Bonchev–Trinajstić information content (AvgIpc) is 3.43. The molecule has 1 aliphatic heterocycles. The average molecular weight is 582 g/mol. The summed E-state index contributed by atoms with van der Waals surface area (Å²) in [5, 5.41) is 8.37. The quantitative estimate of drug-likeness (QED) is 0.376. The van der Waals surface area contributed by atoms with E-state index in [1.165, 1.54) is 15.7 Å². The minimum atomic E-state index is -0.829. The van der Waals surface area contributed by atoms with E-state index < -0.39 is 23.1 Å². The fourth-order valence-corrected chi connectivity index (χ4v) is 5.52. The summed E-state index contributed by atoms with van der Waals surface area (Å²) in [5.41, 5.74) is 0.142. The van der Waals surface area contributed by atoms with Crippen LogP contribution in [0.25, 0.3) is 11.3 Å². The zero-order valence-corrected chi connectivity index (χ0v) is 25.0. The van der Waals surface area contributed by atoms with E-state index in [2.05, 4.69) is 15.3 Å². The van der Waals surface area contributed by atoms with Crippen molar-refractivity contribution >= 4 is 11.8 Å². The Hall–Kier alpha value is -3.96. The summed E-state index contributed by atoms with van der Waals surface area (Å²) in [5.74, 6) is 0.221. The molecule has 0 radical (unpaired) electrons. The molecule has 3 aromatic heterocycles. The molecule has 1 unspecified atom stereocenters. The standard InChI is InChI=1S/C30H40FN7O4/c1-20(38-19-25(33-34-38)22-14-24(41-5)16-32-15-22)36-13-11-26(27(31)28(36)39)35-12-7-10-23(18-35)37(17-21-8-6-9-21)29(40)42-30(2,3)4/h11,13-16,19-21,23H,6-10,12,17-18H2,1-5H3/t20?,23-/m1/s1. The largest absolute Gasteiger partial charge is 0.495 e. The summed E-state index contributed by atoms with van der Waals surface area (Å²) >= 11 is 0. The maximum Gasteiger partial charge on any atom is 0.410 e. The number of nitrogens with zero attached hydrogens (tertiary/aromatic N) is 7. The first kappa shape index (κ1) is 29.5. The van der Waals surface area contributed by atoms with Gasteiger partial charge in [-0.1, -0.05) is 11.6 Å². The lowest BCUT2D eigenvalue weighted by Gasteiger charge is -2.43. The number of hydrogen-bond acceptors (Lipinski definition) is 8. The number of aromatic nitrogens is 5. The fourth-order valence-electron chi connectivity index (χ4n) is 5.52. The molecule has 1 aliphatic carbocycles. The number of hydrogen-bond donors (Lipinski definition) is 0. The number of amides is 1. The lowest BCUT2D eigenvalue weighted by molar-refractivity contribution is 0.00734. The highest BCUT2D eigenvalue weighted by Crippen LogP contribution is 2.31. The van der Waals surface area contributed by atoms with Crippen LogP contribution in [0.5, 0.6) is 5.75 Å². The van der Waals surface area contributed by atoms with Gasteiger partial charge in [-0.15, -0.1) is 5.10 Å². The molecule has 42 heavy (non-hydrogen) atoms. The summed E-state index contributed by atoms with van der Waals surface area (Å²) in [6.07, 6.45) is 10.5. The van der Waals surface area contributed by atoms with Crippen molar-refractivity contribution in [3.8, 4) is 17.0 Å². The number of anilines is 1. The Morgan fingerprint density at radius 2 is 2.00 bits per heavy atom. The molecule has 0 aromatic carbocycles. The highest BCUT2D eigenvalue weighted by atomic mass is 19.1. The maximum absolute atomic E-state index is 15.7. The van der Waals surface area contributed by atoms with Gasteiger partial charge in [0.1, 0.15) is 23.2 Å². The monoisotopic (exact) mass is 581 g/mol. The van der Waals surface area contributed by atoms with Gasteiger partial charge in [0.25, 0.3) is 5.56 Å². The Morgan fingerprint density at radius 1 is 1.21 bits per heavy atom. The molecule has 11 nitrogen and oxygen atoms in total. The van der Waals surface area contributed by atoms with Crippen LogP contribution < -0.4 is 15.2 Å². The summed E-state index contributed by atoms with van der Waals surface area (Å²) < 4.78 is 29.5. The SMILES string of the molecule is COc1cncc(-c2cn(C(C)n3ccc(N4CCC[C@@H](N(CC5CCC5)C(=O)OC(C)(C)C)C4)c(F)c3=O)nn2)c1. The normalized spacial score (nSPS) is 18.3. The molecule has 0 bridgehead atoms. The Morgan fingerprint density at radius 3 is 2.69 bits per heavy atom. The van der Waals surface area contributed by atoms with Gasteiger partial charge in [0.15, 0.2) is 0 Å². The van der Waals surface area contributed by atoms with E-state index in [1.54, 1.807) is 51.0 Å². The zero-order chi connectivity index (χ0) is 30.0. The summed E-state index contributed by atoms with van der Waals surface area (Å²) in [6.45, 7) is 9.00. The minimum absolute atomic E-state index is 0.130. The molecular weight excluding hydrogens is 541 g/mol. The molecule has 226 valence electrons. The third kappa shape index (κ3) is 6.42. The lowest BCUT2D eigenvalue weighted by atomic mass is 9.84. The first-order chi connectivity index (χ1) is 20.0. The maximum atomic E-state index is 15.7. The van der Waals surface area contributed by atoms with Gasteiger partial charge in [0, 0.05) is 37.6 Å². The molecule has 1 saturated heterocycles. The second-order valence-corrected chi connectivity index (χ2v) is 12.2. The molecule has 5 rings (SSSR count). The first-order valence-electron chi connectivity index (χ1n) is 14.6. The molecule has 4 heterocycles. The highest BCUT2D eigenvalue weighted by molar-refractivity contribution is 5.69. The minimum Gasteiger partial charge on any atom is -0.495 e.